The van der Waals surface area contributed by atoms with Gasteiger partial charge in [0, 0.05) is 19.5 Å². The molecule has 128 valence electrons. The van der Waals surface area contributed by atoms with Crippen LogP contribution in [0.3, 0.4) is 0 Å². The zero-order valence-corrected chi connectivity index (χ0v) is 13.2. The first-order valence-electron chi connectivity index (χ1n) is 7.67. The van der Waals surface area contributed by atoms with E-state index in [1.807, 2.05) is 12.2 Å². The zero-order valence-electron chi connectivity index (χ0n) is 13.2. The fourth-order valence-corrected chi connectivity index (χ4v) is 1.85. The van der Waals surface area contributed by atoms with E-state index in [-0.39, 0.29) is 25.4 Å². The number of allylic oxidation sites excluding steroid dienone is 1. The Kier molecular flexibility index (Phi) is 12.4. The van der Waals surface area contributed by atoms with Crippen molar-refractivity contribution in [3.63, 3.8) is 0 Å². The van der Waals surface area contributed by atoms with Crippen LogP contribution in [0.4, 0.5) is 0 Å². The number of carbonyl (C=O) groups is 2. The lowest BCUT2D eigenvalue weighted by Crippen LogP contribution is -2.45. The number of aliphatic hydroxyl groups excluding tert-OH is 2. The van der Waals surface area contributed by atoms with Gasteiger partial charge in [-0.3, -0.25) is 14.5 Å². The van der Waals surface area contributed by atoms with Gasteiger partial charge in [-0.2, -0.15) is 0 Å². The molecule has 7 nitrogen and oxygen atoms in total. The highest BCUT2D eigenvalue weighted by molar-refractivity contribution is 5.77. The summed E-state index contributed by atoms with van der Waals surface area (Å²) in [6, 6.07) is 0. The van der Waals surface area contributed by atoms with Gasteiger partial charge in [-0.25, -0.2) is 0 Å². The van der Waals surface area contributed by atoms with Crippen LogP contribution in [0.2, 0.25) is 0 Å². The molecule has 0 rings (SSSR count). The van der Waals surface area contributed by atoms with E-state index in [2.05, 4.69) is 12.2 Å². The van der Waals surface area contributed by atoms with Crippen LogP contribution in [0.25, 0.3) is 0 Å². The summed E-state index contributed by atoms with van der Waals surface area (Å²) in [5.41, 5.74) is 0. The fourth-order valence-electron chi connectivity index (χ4n) is 1.85. The quantitative estimate of drug-likeness (QED) is 0.221. The summed E-state index contributed by atoms with van der Waals surface area (Å²) in [4.78, 5) is 23.4. The fraction of sp³-hybridized carbons (Fsp3) is 0.733. The molecule has 0 aliphatic carbocycles. The maximum absolute atomic E-state index is 11.6. The number of hydrogen-bond donors (Lipinski definition) is 4. The molecule has 0 aromatic carbocycles. The topological polar surface area (TPSA) is 110 Å². The summed E-state index contributed by atoms with van der Waals surface area (Å²) in [5.74, 6) is -1.26. The molecule has 0 fully saturated rings. The highest BCUT2D eigenvalue weighted by Gasteiger charge is 2.17. The van der Waals surface area contributed by atoms with Crippen molar-refractivity contribution in [1.29, 1.82) is 0 Å². The summed E-state index contributed by atoms with van der Waals surface area (Å²) in [6.45, 7) is 1.56. The number of aliphatic carboxylic acids is 1. The highest BCUT2D eigenvalue weighted by atomic mass is 16.4. The molecule has 22 heavy (non-hydrogen) atoms. The minimum absolute atomic E-state index is 0.152. The predicted molar refractivity (Wildman–Crippen MR) is 83.2 cm³/mol. The van der Waals surface area contributed by atoms with E-state index in [1.54, 1.807) is 0 Å². The maximum Gasteiger partial charge on any atom is 0.317 e. The minimum atomic E-state index is -1.24. The van der Waals surface area contributed by atoms with Gasteiger partial charge in [0.2, 0.25) is 5.91 Å². The Morgan fingerprint density at radius 1 is 1.27 bits per heavy atom. The summed E-state index contributed by atoms with van der Waals surface area (Å²) in [7, 11) is 0. The van der Waals surface area contributed by atoms with Crippen LogP contribution < -0.4 is 5.32 Å². The lowest BCUT2D eigenvalue weighted by Gasteiger charge is -2.24. The van der Waals surface area contributed by atoms with Crippen LogP contribution in [-0.2, 0) is 9.59 Å². The monoisotopic (exact) mass is 316 g/mol. The highest BCUT2D eigenvalue weighted by Crippen LogP contribution is 2.00. The van der Waals surface area contributed by atoms with Crippen LogP contribution in [0.15, 0.2) is 12.2 Å². The number of amides is 1. The minimum Gasteiger partial charge on any atom is -0.480 e. The van der Waals surface area contributed by atoms with Gasteiger partial charge in [0.05, 0.1) is 13.2 Å². The molecule has 0 spiro atoms. The van der Waals surface area contributed by atoms with Gasteiger partial charge in [-0.15, -0.1) is 0 Å². The van der Waals surface area contributed by atoms with Gasteiger partial charge in [-0.1, -0.05) is 31.9 Å². The number of aliphatic hydroxyl groups is 2. The maximum atomic E-state index is 11.6. The Morgan fingerprint density at radius 2 is 2.00 bits per heavy atom. The van der Waals surface area contributed by atoms with Crippen molar-refractivity contribution < 1.29 is 24.9 Å². The second-order valence-corrected chi connectivity index (χ2v) is 5.05. The van der Waals surface area contributed by atoms with Gasteiger partial charge in [0.25, 0.3) is 0 Å². The molecule has 7 heteroatoms. The first kappa shape index (κ1) is 20.6. The molecule has 0 heterocycles. The van der Waals surface area contributed by atoms with Crippen molar-refractivity contribution in [2.45, 2.75) is 45.3 Å². The normalized spacial score (nSPS) is 12.7. The van der Waals surface area contributed by atoms with Crippen molar-refractivity contribution >= 4 is 11.9 Å². The molecule has 1 atom stereocenters. The third-order valence-corrected chi connectivity index (χ3v) is 3.09. The van der Waals surface area contributed by atoms with Crippen LogP contribution in [0, 0.1) is 0 Å². The van der Waals surface area contributed by atoms with Crippen LogP contribution >= 0.6 is 0 Å². The van der Waals surface area contributed by atoms with Crippen molar-refractivity contribution in [3.05, 3.63) is 12.2 Å². The summed E-state index contributed by atoms with van der Waals surface area (Å²) < 4.78 is 0. The third-order valence-electron chi connectivity index (χ3n) is 3.09. The van der Waals surface area contributed by atoms with Crippen molar-refractivity contribution in [2.24, 2.45) is 0 Å². The predicted octanol–water partition coefficient (Wildman–Crippen LogP) is 0.327. The Hall–Kier alpha value is -1.44. The van der Waals surface area contributed by atoms with E-state index in [0.717, 1.165) is 12.8 Å². The largest absolute Gasteiger partial charge is 0.480 e. The molecule has 0 radical (unpaired) electrons. The number of unbranched alkanes of at least 4 members (excludes halogenated alkanes) is 3. The number of nitrogens with zero attached hydrogens (tertiary/aromatic N) is 1. The second-order valence-electron chi connectivity index (χ2n) is 5.05. The van der Waals surface area contributed by atoms with E-state index >= 15 is 0 Å². The number of rotatable bonds is 13. The SMILES string of the molecule is CCCCC/C=C/CC(=O)NCCN(CC(=O)O)C(O)CO. The van der Waals surface area contributed by atoms with E-state index in [1.165, 1.54) is 17.7 Å². The Balaban J connectivity index is 3.90. The molecular weight excluding hydrogens is 288 g/mol. The molecule has 1 unspecified atom stereocenters. The molecule has 0 bridgehead atoms. The van der Waals surface area contributed by atoms with Crippen LogP contribution in [0.5, 0.6) is 0 Å². The van der Waals surface area contributed by atoms with E-state index in [9.17, 15) is 14.7 Å². The van der Waals surface area contributed by atoms with Crippen molar-refractivity contribution in [1.82, 2.24) is 10.2 Å². The second kappa shape index (κ2) is 13.2. The van der Waals surface area contributed by atoms with E-state index in [4.69, 9.17) is 10.2 Å². The average molecular weight is 316 g/mol. The number of carboxylic acid groups (broad SMARTS) is 1. The molecule has 0 aromatic rings. The summed E-state index contributed by atoms with van der Waals surface area (Å²) >= 11 is 0. The van der Waals surface area contributed by atoms with Crippen LogP contribution in [0.1, 0.15) is 39.0 Å². The Morgan fingerprint density at radius 3 is 2.59 bits per heavy atom. The zero-order chi connectivity index (χ0) is 16.8. The number of carbonyl (C=O) groups excluding carboxylic acids is 1. The Bertz CT molecular complexity index is 347. The third kappa shape index (κ3) is 11.2. The van der Waals surface area contributed by atoms with Gasteiger partial charge >= 0.3 is 5.97 Å². The smallest absolute Gasteiger partial charge is 0.317 e. The molecule has 0 saturated heterocycles. The Labute approximate surface area is 131 Å². The summed E-state index contributed by atoms with van der Waals surface area (Å²) in [5, 5.41) is 29.7. The molecule has 0 aliphatic heterocycles. The van der Waals surface area contributed by atoms with Crippen molar-refractivity contribution in [3.8, 4) is 0 Å². The molecule has 0 saturated carbocycles. The number of hydrogen-bond acceptors (Lipinski definition) is 5. The summed E-state index contributed by atoms with van der Waals surface area (Å²) in [6.07, 6.45) is 7.29. The molecular formula is C15H28N2O5. The van der Waals surface area contributed by atoms with Gasteiger partial charge in [0.15, 0.2) is 0 Å². The van der Waals surface area contributed by atoms with Crippen molar-refractivity contribution in [2.75, 3.05) is 26.2 Å². The molecule has 0 aliphatic rings. The molecule has 0 aromatic heterocycles. The first-order chi connectivity index (χ1) is 10.5. The van der Waals surface area contributed by atoms with E-state index in [0.29, 0.717) is 0 Å². The van der Waals surface area contributed by atoms with Gasteiger partial charge < -0.3 is 20.6 Å². The number of nitrogens with one attached hydrogen (secondary N) is 1. The van der Waals surface area contributed by atoms with Crippen LogP contribution in [-0.4, -0.2) is 64.6 Å². The van der Waals surface area contributed by atoms with Gasteiger partial charge in [0.1, 0.15) is 6.23 Å². The molecule has 1 amide bonds. The average Bonchev–Trinajstić information content (AvgIpc) is 2.48. The lowest BCUT2D eigenvalue weighted by atomic mass is 10.2. The van der Waals surface area contributed by atoms with E-state index < -0.39 is 25.3 Å². The first-order valence-corrected chi connectivity index (χ1v) is 7.67. The standard InChI is InChI=1S/C15H28N2O5/c1-2-3-4-5-6-7-8-13(19)16-9-10-17(11-15(21)22)14(20)12-18/h6-7,14,18,20H,2-5,8-12H2,1H3,(H,16,19)(H,21,22)/b7-6+. The van der Waals surface area contributed by atoms with Gasteiger partial charge in [-0.05, 0) is 12.8 Å². The number of carboxylic acids is 1. The molecule has 4 N–H and O–H groups in total. The lowest BCUT2D eigenvalue weighted by molar-refractivity contribution is -0.142.